The number of carbonyl (C=O) groups excluding carboxylic acids is 2. The second-order valence-electron chi connectivity index (χ2n) is 5.51. The molecule has 1 heterocycles. The van der Waals surface area contributed by atoms with E-state index in [-0.39, 0.29) is 17.9 Å². The monoisotopic (exact) mass is 393 g/mol. The largest absolute Gasteiger partial charge is 0.330 e. The number of nitrogens with one attached hydrogen (secondary N) is 1. The number of thiazole rings is 1. The molecule has 0 atom stereocenters. The molecule has 0 bridgehead atoms. The van der Waals surface area contributed by atoms with Crippen LogP contribution in [0.25, 0.3) is 0 Å². The van der Waals surface area contributed by atoms with Crippen LogP contribution in [0, 0.1) is 0 Å². The molecule has 5 nitrogen and oxygen atoms in total. The Hall–Kier alpha value is -1.73. The van der Waals surface area contributed by atoms with Crippen molar-refractivity contribution in [2.45, 2.75) is 32.4 Å². The Labute approximate surface area is 146 Å². The summed E-state index contributed by atoms with van der Waals surface area (Å²) in [5.41, 5.74) is 1.47. The SMILES string of the molecule is CC(=O)Nc1nc(C(=O)N(Cc2cccc(Br)c2)C2CC2)cs1. The molecule has 1 N–H and O–H groups in total. The number of hydrogen-bond acceptors (Lipinski definition) is 4. The molecule has 2 amide bonds. The summed E-state index contributed by atoms with van der Waals surface area (Å²) < 4.78 is 1.000. The van der Waals surface area contributed by atoms with E-state index in [1.165, 1.54) is 18.3 Å². The van der Waals surface area contributed by atoms with Crippen molar-refractivity contribution in [1.29, 1.82) is 0 Å². The van der Waals surface area contributed by atoms with Gasteiger partial charge in [0.2, 0.25) is 5.91 Å². The molecule has 1 aromatic heterocycles. The molecule has 3 rings (SSSR count). The maximum atomic E-state index is 12.8. The van der Waals surface area contributed by atoms with Crippen molar-refractivity contribution in [2.75, 3.05) is 5.32 Å². The lowest BCUT2D eigenvalue weighted by molar-refractivity contribution is -0.114. The van der Waals surface area contributed by atoms with E-state index < -0.39 is 0 Å². The number of nitrogens with zero attached hydrogens (tertiary/aromatic N) is 2. The summed E-state index contributed by atoms with van der Waals surface area (Å²) in [6.45, 7) is 1.99. The van der Waals surface area contributed by atoms with E-state index in [1.807, 2.05) is 29.2 Å². The van der Waals surface area contributed by atoms with Gasteiger partial charge in [-0.2, -0.15) is 0 Å². The van der Waals surface area contributed by atoms with Crippen molar-refractivity contribution < 1.29 is 9.59 Å². The summed E-state index contributed by atoms with van der Waals surface area (Å²) >= 11 is 4.73. The van der Waals surface area contributed by atoms with E-state index in [2.05, 4.69) is 26.2 Å². The van der Waals surface area contributed by atoms with Gasteiger partial charge in [-0.1, -0.05) is 28.1 Å². The predicted octanol–water partition coefficient (Wildman–Crippen LogP) is 3.67. The number of aromatic nitrogens is 1. The predicted molar refractivity (Wildman–Crippen MR) is 93.5 cm³/mol. The normalized spacial score (nSPS) is 13.7. The third kappa shape index (κ3) is 4.17. The van der Waals surface area contributed by atoms with Crippen LogP contribution >= 0.6 is 27.3 Å². The first kappa shape index (κ1) is 16.1. The molecule has 1 saturated carbocycles. The highest BCUT2D eigenvalue weighted by Crippen LogP contribution is 2.30. The van der Waals surface area contributed by atoms with Gasteiger partial charge in [0.15, 0.2) is 5.13 Å². The highest BCUT2D eigenvalue weighted by atomic mass is 79.9. The van der Waals surface area contributed by atoms with Gasteiger partial charge in [0, 0.05) is 29.4 Å². The lowest BCUT2D eigenvalue weighted by atomic mass is 10.2. The molecule has 1 fully saturated rings. The maximum absolute atomic E-state index is 12.8. The number of anilines is 1. The summed E-state index contributed by atoms with van der Waals surface area (Å²) in [5, 5.41) is 4.77. The average molecular weight is 394 g/mol. The van der Waals surface area contributed by atoms with Gasteiger partial charge < -0.3 is 10.2 Å². The van der Waals surface area contributed by atoms with Gasteiger partial charge in [0.05, 0.1) is 0 Å². The zero-order valence-corrected chi connectivity index (χ0v) is 15.0. The Bertz CT molecular complexity index is 742. The van der Waals surface area contributed by atoms with Gasteiger partial charge >= 0.3 is 0 Å². The average Bonchev–Trinajstić information content (AvgIpc) is 3.23. The van der Waals surface area contributed by atoms with Crippen LogP contribution in [0.5, 0.6) is 0 Å². The van der Waals surface area contributed by atoms with Gasteiger partial charge in [-0.3, -0.25) is 9.59 Å². The third-order valence-electron chi connectivity index (χ3n) is 3.50. The number of amides is 2. The third-order valence-corrected chi connectivity index (χ3v) is 4.75. The summed E-state index contributed by atoms with van der Waals surface area (Å²) in [5.74, 6) is -0.271. The smallest absolute Gasteiger partial charge is 0.273 e. The second-order valence-corrected chi connectivity index (χ2v) is 7.29. The molecule has 0 saturated heterocycles. The molecule has 0 spiro atoms. The van der Waals surface area contributed by atoms with E-state index in [1.54, 1.807) is 5.38 Å². The fourth-order valence-electron chi connectivity index (χ4n) is 2.31. The zero-order chi connectivity index (χ0) is 16.4. The van der Waals surface area contributed by atoms with Crippen molar-refractivity contribution >= 4 is 44.2 Å². The zero-order valence-electron chi connectivity index (χ0n) is 12.6. The molecular weight excluding hydrogens is 378 g/mol. The molecule has 2 aromatic rings. The van der Waals surface area contributed by atoms with Crippen molar-refractivity contribution in [3.05, 3.63) is 45.4 Å². The van der Waals surface area contributed by atoms with Crippen LogP contribution in [0.3, 0.4) is 0 Å². The Balaban J connectivity index is 1.76. The lowest BCUT2D eigenvalue weighted by Crippen LogP contribution is -2.32. The first-order valence-corrected chi connectivity index (χ1v) is 8.99. The number of hydrogen-bond donors (Lipinski definition) is 1. The highest BCUT2D eigenvalue weighted by molar-refractivity contribution is 9.10. The molecule has 120 valence electrons. The van der Waals surface area contributed by atoms with E-state index in [0.29, 0.717) is 17.4 Å². The summed E-state index contributed by atoms with van der Waals surface area (Å²) in [7, 11) is 0. The molecule has 0 aliphatic heterocycles. The van der Waals surface area contributed by atoms with Crippen LogP contribution in [0.4, 0.5) is 5.13 Å². The summed E-state index contributed by atoms with van der Waals surface area (Å²) in [6, 6.07) is 8.25. The van der Waals surface area contributed by atoms with Crippen molar-refractivity contribution in [3.63, 3.8) is 0 Å². The van der Waals surface area contributed by atoms with Crippen LogP contribution in [0.2, 0.25) is 0 Å². The van der Waals surface area contributed by atoms with Gasteiger partial charge in [-0.05, 0) is 30.5 Å². The molecule has 7 heteroatoms. The molecule has 0 radical (unpaired) electrons. The lowest BCUT2D eigenvalue weighted by Gasteiger charge is -2.21. The van der Waals surface area contributed by atoms with Crippen LogP contribution < -0.4 is 5.32 Å². The van der Waals surface area contributed by atoms with Crippen LogP contribution in [0.15, 0.2) is 34.1 Å². The van der Waals surface area contributed by atoms with Crippen molar-refractivity contribution in [2.24, 2.45) is 0 Å². The van der Waals surface area contributed by atoms with Crippen LogP contribution in [-0.2, 0) is 11.3 Å². The molecule has 1 aliphatic rings. The quantitative estimate of drug-likeness (QED) is 0.842. The van der Waals surface area contributed by atoms with Gasteiger partial charge in [0.25, 0.3) is 5.91 Å². The fraction of sp³-hybridized carbons (Fsp3) is 0.312. The Morgan fingerprint density at radius 3 is 2.87 bits per heavy atom. The van der Waals surface area contributed by atoms with Gasteiger partial charge in [-0.25, -0.2) is 4.98 Å². The van der Waals surface area contributed by atoms with Gasteiger partial charge in [-0.15, -0.1) is 11.3 Å². The number of carbonyl (C=O) groups is 2. The Kier molecular flexibility index (Phi) is 4.77. The van der Waals surface area contributed by atoms with Crippen LogP contribution in [0.1, 0.15) is 35.8 Å². The number of benzene rings is 1. The molecule has 1 aliphatic carbocycles. The van der Waals surface area contributed by atoms with E-state index in [4.69, 9.17) is 0 Å². The minimum Gasteiger partial charge on any atom is -0.330 e. The summed E-state index contributed by atoms with van der Waals surface area (Å²) in [6.07, 6.45) is 2.06. The number of rotatable bonds is 5. The van der Waals surface area contributed by atoms with E-state index >= 15 is 0 Å². The van der Waals surface area contributed by atoms with Crippen molar-refractivity contribution in [3.8, 4) is 0 Å². The first-order chi connectivity index (χ1) is 11.0. The standard InChI is InChI=1S/C16H16BrN3O2S/c1-10(21)18-16-19-14(9-23-16)15(22)20(13-5-6-13)8-11-3-2-4-12(17)7-11/h2-4,7,9,13H,5-6,8H2,1H3,(H,18,19,21). The summed E-state index contributed by atoms with van der Waals surface area (Å²) in [4.78, 5) is 29.9. The van der Waals surface area contributed by atoms with Gasteiger partial charge in [0.1, 0.15) is 5.69 Å². The molecule has 23 heavy (non-hydrogen) atoms. The number of halogens is 1. The fourth-order valence-corrected chi connectivity index (χ4v) is 3.49. The maximum Gasteiger partial charge on any atom is 0.273 e. The Morgan fingerprint density at radius 1 is 1.43 bits per heavy atom. The first-order valence-electron chi connectivity index (χ1n) is 7.31. The second kappa shape index (κ2) is 6.80. The Morgan fingerprint density at radius 2 is 2.22 bits per heavy atom. The minimum absolute atomic E-state index is 0.0830. The highest BCUT2D eigenvalue weighted by Gasteiger charge is 2.34. The minimum atomic E-state index is -0.188. The molecule has 1 aromatic carbocycles. The molecule has 0 unspecified atom stereocenters. The van der Waals surface area contributed by atoms with Crippen LogP contribution in [-0.4, -0.2) is 27.7 Å². The van der Waals surface area contributed by atoms with E-state index in [9.17, 15) is 9.59 Å². The topological polar surface area (TPSA) is 62.3 Å². The molecular formula is C16H16BrN3O2S. The van der Waals surface area contributed by atoms with Crippen molar-refractivity contribution in [1.82, 2.24) is 9.88 Å². The van der Waals surface area contributed by atoms with E-state index in [0.717, 1.165) is 22.9 Å².